The summed E-state index contributed by atoms with van der Waals surface area (Å²) < 4.78 is 4.98. The molecule has 1 rings (SSSR count). The van der Waals surface area contributed by atoms with E-state index in [2.05, 4.69) is 0 Å². The Labute approximate surface area is 107 Å². The van der Waals surface area contributed by atoms with Crippen molar-refractivity contribution in [3.05, 3.63) is 40.4 Å². The van der Waals surface area contributed by atoms with E-state index in [1.54, 1.807) is 0 Å². The van der Waals surface area contributed by atoms with E-state index in [-0.39, 0.29) is 11.9 Å². The largest absolute Gasteiger partial charge is 0.466 e. The fourth-order valence-electron chi connectivity index (χ4n) is 1.40. The van der Waals surface area contributed by atoms with Crippen LogP contribution >= 0.6 is 11.6 Å². The summed E-state index contributed by atoms with van der Waals surface area (Å²) >= 11 is 5.81. The maximum absolute atomic E-state index is 11.5. The minimum atomic E-state index is -0.217. The molecule has 0 bridgehead atoms. The van der Waals surface area contributed by atoms with Crippen LogP contribution in [0.15, 0.2) is 29.8 Å². The molecule has 92 valence electrons. The number of carbonyl (C=O) groups excluding carboxylic acids is 1. The van der Waals surface area contributed by atoms with Crippen LogP contribution in [0.2, 0.25) is 5.02 Å². The normalized spacial score (nSPS) is 13.3. The third kappa shape index (κ3) is 4.23. The fraction of sp³-hybridized carbons (Fsp3) is 0.357. The third-order valence-corrected chi connectivity index (χ3v) is 2.84. The number of benzene rings is 1. The van der Waals surface area contributed by atoms with Crippen LogP contribution in [-0.4, -0.2) is 12.6 Å². The van der Waals surface area contributed by atoms with Gasteiger partial charge in [-0.2, -0.15) is 0 Å². The van der Waals surface area contributed by atoms with E-state index >= 15 is 0 Å². The lowest BCUT2D eigenvalue weighted by Crippen LogP contribution is -2.15. The Bertz CT molecular complexity index is 407. The Morgan fingerprint density at radius 3 is 2.53 bits per heavy atom. The first-order valence-electron chi connectivity index (χ1n) is 5.65. The first-order chi connectivity index (χ1) is 8.04. The summed E-state index contributed by atoms with van der Waals surface area (Å²) in [6.07, 6.45) is 1.97. The van der Waals surface area contributed by atoms with Gasteiger partial charge in [-0.05, 0) is 38.5 Å². The molecule has 1 aromatic carbocycles. The molecule has 1 aromatic rings. The number of carbonyl (C=O) groups is 1. The smallest absolute Gasteiger partial charge is 0.312 e. The summed E-state index contributed by atoms with van der Waals surface area (Å²) in [5.74, 6) is -0.402. The molecule has 0 saturated carbocycles. The third-order valence-electron chi connectivity index (χ3n) is 2.59. The van der Waals surface area contributed by atoms with Crippen molar-refractivity contribution in [1.82, 2.24) is 0 Å². The van der Waals surface area contributed by atoms with Crippen LogP contribution in [0.3, 0.4) is 0 Å². The van der Waals surface area contributed by atoms with E-state index in [9.17, 15) is 4.79 Å². The summed E-state index contributed by atoms with van der Waals surface area (Å²) in [7, 11) is 0. The topological polar surface area (TPSA) is 26.3 Å². The Morgan fingerprint density at radius 1 is 1.41 bits per heavy atom. The van der Waals surface area contributed by atoms with Crippen molar-refractivity contribution in [2.24, 2.45) is 5.92 Å². The van der Waals surface area contributed by atoms with E-state index < -0.39 is 0 Å². The van der Waals surface area contributed by atoms with Crippen molar-refractivity contribution < 1.29 is 9.53 Å². The van der Waals surface area contributed by atoms with Crippen molar-refractivity contribution in [3.8, 4) is 0 Å². The molecule has 0 N–H and O–H groups in total. The first-order valence-corrected chi connectivity index (χ1v) is 6.02. The molecule has 1 unspecified atom stereocenters. The van der Waals surface area contributed by atoms with Gasteiger partial charge in [0.25, 0.3) is 0 Å². The zero-order valence-corrected chi connectivity index (χ0v) is 11.1. The standard InChI is InChI=1S/C14H17ClO2/c1-4-17-14(16)11(3)10(2)9-12-5-7-13(15)8-6-12/h5-9,11H,4H2,1-3H3/b10-9-. The lowest BCUT2D eigenvalue weighted by atomic mass is 10.0. The summed E-state index contributed by atoms with van der Waals surface area (Å²) in [4.78, 5) is 11.5. The highest BCUT2D eigenvalue weighted by Crippen LogP contribution is 2.17. The van der Waals surface area contributed by atoms with Crippen LogP contribution in [0, 0.1) is 5.92 Å². The SMILES string of the molecule is CCOC(=O)C(C)/C(C)=C\c1ccc(Cl)cc1. The average Bonchev–Trinajstić information content (AvgIpc) is 2.31. The van der Waals surface area contributed by atoms with Gasteiger partial charge in [-0.25, -0.2) is 0 Å². The van der Waals surface area contributed by atoms with Gasteiger partial charge < -0.3 is 4.74 Å². The molecule has 0 aliphatic rings. The summed E-state index contributed by atoms with van der Waals surface area (Å²) in [5, 5.41) is 0.707. The van der Waals surface area contributed by atoms with Crippen LogP contribution in [0.4, 0.5) is 0 Å². The van der Waals surface area contributed by atoms with Gasteiger partial charge in [-0.1, -0.05) is 35.4 Å². The van der Waals surface area contributed by atoms with Gasteiger partial charge in [0, 0.05) is 5.02 Å². The summed E-state index contributed by atoms with van der Waals surface area (Å²) in [6, 6.07) is 7.50. The molecule has 0 amide bonds. The van der Waals surface area contributed by atoms with E-state index in [0.717, 1.165) is 11.1 Å². The first kappa shape index (κ1) is 13.8. The lowest BCUT2D eigenvalue weighted by molar-refractivity contribution is -0.146. The zero-order valence-electron chi connectivity index (χ0n) is 10.4. The van der Waals surface area contributed by atoms with Gasteiger partial charge in [0.2, 0.25) is 0 Å². The lowest BCUT2D eigenvalue weighted by Gasteiger charge is -2.11. The van der Waals surface area contributed by atoms with Gasteiger partial charge >= 0.3 is 5.97 Å². The molecule has 2 nitrogen and oxygen atoms in total. The minimum absolute atomic E-state index is 0.185. The van der Waals surface area contributed by atoms with Gasteiger partial charge in [-0.15, -0.1) is 0 Å². The van der Waals surface area contributed by atoms with Crippen LogP contribution < -0.4 is 0 Å². The molecule has 17 heavy (non-hydrogen) atoms. The number of halogens is 1. The van der Waals surface area contributed by atoms with Gasteiger partial charge in [0.1, 0.15) is 0 Å². The molecule has 0 aromatic heterocycles. The second-order valence-electron chi connectivity index (χ2n) is 3.91. The molecule has 1 atom stereocenters. The number of hydrogen-bond donors (Lipinski definition) is 0. The highest BCUT2D eigenvalue weighted by Gasteiger charge is 2.15. The molecular formula is C14H17ClO2. The predicted molar refractivity (Wildman–Crippen MR) is 70.9 cm³/mol. The minimum Gasteiger partial charge on any atom is -0.466 e. The summed E-state index contributed by atoms with van der Waals surface area (Å²) in [6.45, 7) is 6.00. The second-order valence-corrected chi connectivity index (χ2v) is 4.35. The Hall–Kier alpha value is -1.28. The molecule has 0 radical (unpaired) electrons. The van der Waals surface area contributed by atoms with Crippen LogP contribution in [-0.2, 0) is 9.53 Å². The van der Waals surface area contributed by atoms with Crippen molar-refractivity contribution in [2.75, 3.05) is 6.61 Å². The van der Waals surface area contributed by atoms with Crippen LogP contribution in [0.25, 0.3) is 6.08 Å². The van der Waals surface area contributed by atoms with E-state index in [1.165, 1.54) is 0 Å². The zero-order chi connectivity index (χ0) is 12.8. The number of ether oxygens (including phenoxy) is 1. The molecule has 0 spiro atoms. The average molecular weight is 253 g/mol. The Kier molecular flexibility index (Phi) is 5.23. The van der Waals surface area contributed by atoms with Crippen LogP contribution in [0.5, 0.6) is 0 Å². The number of rotatable bonds is 4. The van der Waals surface area contributed by atoms with E-state index in [1.807, 2.05) is 51.1 Å². The second kappa shape index (κ2) is 6.45. The van der Waals surface area contributed by atoms with Crippen molar-refractivity contribution in [3.63, 3.8) is 0 Å². The van der Waals surface area contributed by atoms with Crippen molar-refractivity contribution in [2.45, 2.75) is 20.8 Å². The quantitative estimate of drug-likeness (QED) is 0.759. The number of esters is 1. The highest BCUT2D eigenvalue weighted by molar-refractivity contribution is 6.30. The van der Waals surface area contributed by atoms with Gasteiger partial charge in [-0.3, -0.25) is 4.79 Å². The number of hydrogen-bond acceptors (Lipinski definition) is 2. The van der Waals surface area contributed by atoms with E-state index in [4.69, 9.17) is 16.3 Å². The molecular weight excluding hydrogens is 236 g/mol. The Morgan fingerprint density at radius 2 is 2.00 bits per heavy atom. The molecule has 0 aliphatic heterocycles. The summed E-state index contributed by atoms with van der Waals surface area (Å²) in [5.41, 5.74) is 2.01. The predicted octanol–water partition coefficient (Wildman–Crippen LogP) is 3.94. The molecule has 0 fully saturated rings. The molecule has 3 heteroatoms. The van der Waals surface area contributed by atoms with Gasteiger partial charge in [0.15, 0.2) is 0 Å². The van der Waals surface area contributed by atoms with Crippen molar-refractivity contribution >= 4 is 23.6 Å². The van der Waals surface area contributed by atoms with Crippen LogP contribution in [0.1, 0.15) is 26.3 Å². The fourth-order valence-corrected chi connectivity index (χ4v) is 1.53. The monoisotopic (exact) mass is 252 g/mol. The van der Waals surface area contributed by atoms with E-state index in [0.29, 0.717) is 11.6 Å². The Balaban J connectivity index is 2.77. The van der Waals surface area contributed by atoms with Gasteiger partial charge in [0.05, 0.1) is 12.5 Å². The molecule has 0 heterocycles. The maximum Gasteiger partial charge on any atom is 0.312 e. The van der Waals surface area contributed by atoms with Crippen molar-refractivity contribution in [1.29, 1.82) is 0 Å². The molecule has 0 saturated heterocycles. The maximum atomic E-state index is 11.5. The highest BCUT2D eigenvalue weighted by atomic mass is 35.5. The molecule has 0 aliphatic carbocycles.